The Hall–Kier alpha value is -1.43. The van der Waals surface area contributed by atoms with Crippen LogP contribution in [0, 0.1) is 0 Å². The molecule has 0 spiro atoms. The van der Waals surface area contributed by atoms with E-state index >= 15 is 0 Å². The van der Waals surface area contributed by atoms with E-state index in [4.69, 9.17) is 0 Å². The summed E-state index contributed by atoms with van der Waals surface area (Å²) in [5.74, 6) is 4.28. The Balaban J connectivity index is 1.86. The van der Waals surface area contributed by atoms with Gasteiger partial charge >= 0.3 is 0 Å². The Morgan fingerprint density at radius 1 is 1.48 bits per heavy atom. The molecule has 2 heterocycles. The molecule has 21 heavy (non-hydrogen) atoms. The molecular weight excluding hydrogens is 282 g/mol. The molecule has 116 valence electrons. The fraction of sp³-hybridized carbons (Fsp3) is 0.600. The normalized spacial score (nSPS) is 19.2. The molecule has 0 saturated carbocycles. The molecule has 0 aliphatic carbocycles. The van der Waals surface area contributed by atoms with E-state index in [2.05, 4.69) is 20.6 Å². The average molecular weight is 307 g/mol. The van der Waals surface area contributed by atoms with Crippen LogP contribution >= 0.6 is 11.8 Å². The molecule has 0 radical (unpaired) electrons. The van der Waals surface area contributed by atoms with Crippen molar-refractivity contribution in [2.24, 2.45) is 4.99 Å². The highest BCUT2D eigenvalue weighted by Gasteiger charge is 2.14. The van der Waals surface area contributed by atoms with Crippen LogP contribution in [0.2, 0.25) is 0 Å². The average Bonchev–Trinajstić information content (AvgIpc) is 2.52. The van der Waals surface area contributed by atoms with Crippen LogP contribution in [0.3, 0.4) is 0 Å². The van der Waals surface area contributed by atoms with Gasteiger partial charge in [0.25, 0.3) is 0 Å². The maximum atomic E-state index is 4.60. The number of hydrogen-bond acceptors (Lipinski definition) is 4. The van der Waals surface area contributed by atoms with E-state index in [1.807, 2.05) is 56.0 Å². The van der Waals surface area contributed by atoms with Gasteiger partial charge in [0.15, 0.2) is 5.96 Å². The minimum Gasteiger partial charge on any atom is -0.363 e. The van der Waals surface area contributed by atoms with Crippen LogP contribution in [0.1, 0.15) is 18.5 Å². The van der Waals surface area contributed by atoms with Gasteiger partial charge in [-0.25, -0.2) is 4.98 Å². The second-order valence-electron chi connectivity index (χ2n) is 5.37. The van der Waals surface area contributed by atoms with Crippen molar-refractivity contribution in [1.29, 1.82) is 0 Å². The standard InChI is InChI=1S/C15H25N5S/c1-16-15(19-13-7-5-9-21-11-13)17-10-12-6-4-8-14(18-12)20(2)3/h4,6,8,13H,5,7,9-11H2,1-3H3,(H2,16,17,19). The quantitative estimate of drug-likeness (QED) is 0.655. The molecular formula is C15H25N5S. The number of pyridine rings is 1. The number of guanidine groups is 1. The molecule has 6 heteroatoms. The van der Waals surface area contributed by atoms with Crippen molar-refractivity contribution in [3.05, 3.63) is 23.9 Å². The molecule has 1 aromatic heterocycles. The van der Waals surface area contributed by atoms with Gasteiger partial charge < -0.3 is 15.5 Å². The van der Waals surface area contributed by atoms with E-state index in [1.165, 1.54) is 18.6 Å². The number of hydrogen-bond donors (Lipinski definition) is 2. The van der Waals surface area contributed by atoms with E-state index in [0.29, 0.717) is 12.6 Å². The summed E-state index contributed by atoms with van der Waals surface area (Å²) in [4.78, 5) is 10.9. The van der Waals surface area contributed by atoms with Crippen LogP contribution < -0.4 is 15.5 Å². The van der Waals surface area contributed by atoms with E-state index in [9.17, 15) is 0 Å². The topological polar surface area (TPSA) is 52.6 Å². The monoisotopic (exact) mass is 307 g/mol. The number of aromatic nitrogens is 1. The van der Waals surface area contributed by atoms with Gasteiger partial charge in [0.1, 0.15) is 5.82 Å². The van der Waals surface area contributed by atoms with E-state index in [1.54, 1.807) is 0 Å². The molecule has 2 rings (SSSR count). The summed E-state index contributed by atoms with van der Waals surface area (Å²) < 4.78 is 0. The molecule has 1 unspecified atom stereocenters. The maximum absolute atomic E-state index is 4.60. The van der Waals surface area contributed by atoms with E-state index < -0.39 is 0 Å². The number of aliphatic imine (C=N–C) groups is 1. The Morgan fingerprint density at radius 2 is 2.33 bits per heavy atom. The van der Waals surface area contributed by atoms with Crippen LogP contribution in [0.4, 0.5) is 5.82 Å². The Morgan fingerprint density at radius 3 is 3.00 bits per heavy atom. The van der Waals surface area contributed by atoms with Crippen LogP contribution in [-0.4, -0.2) is 49.6 Å². The summed E-state index contributed by atoms with van der Waals surface area (Å²) in [6, 6.07) is 6.60. The zero-order valence-corrected chi connectivity index (χ0v) is 13.9. The van der Waals surface area contributed by atoms with E-state index in [0.717, 1.165) is 23.2 Å². The Kier molecular flexibility index (Phi) is 6.17. The van der Waals surface area contributed by atoms with Gasteiger partial charge in [-0.15, -0.1) is 0 Å². The van der Waals surface area contributed by atoms with Crippen LogP contribution in [0.5, 0.6) is 0 Å². The fourth-order valence-corrected chi connectivity index (χ4v) is 3.30. The summed E-state index contributed by atoms with van der Waals surface area (Å²) in [6.07, 6.45) is 2.51. The Labute approximate surface area is 131 Å². The van der Waals surface area contributed by atoms with Gasteiger partial charge in [0, 0.05) is 32.9 Å². The first-order valence-corrected chi connectivity index (χ1v) is 8.52. The first kappa shape index (κ1) is 15.9. The highest BCUT2D eigenvalue weighted by atomic mass is 32.2. The van der Waals surface area contributed by atoms with Crippen molar-refractivity contribution < 1.29 is 0 Å². The predicted octanol–water partition coefficient (Wildman–Crippen LogP) is 1.71. The van der Waals surface area contributed by atoms with Gasteiger partial charge in [-0.3, -0.25) is 4.99 Å². The fourth-order valence-electron chi connectivity index (χ4n) is 2.23. The largest absolute Gasteiger partial charge is 0.363 e. The van der Waals surface area contributed by atoms with Crippen LogP contribution in [0.25, 0.3) is 0 Å². The highest BCUT2D eigenvalue weighted by Crippen LogP contribution is 2.16. The van der Waals surface area contributed by atoms with Gasteiger partial charge in [-0.05, 0) is 30.7 Å². The zero-order chi connectivity index (χ0) is 15.1. The number of anilines is 1. The van der Waals surface area contributed by atoms with Crippen LogP contribution in [-0.2, 0) is 6.54 Å². The van der Waals surface area contributed by atoms with Gasteiger partial charge in [0.2, 0.25) is 0 Å². The zero-order valence-electron chi connectivity index (χ0n) is 13.1. The maximum Gasteiger partial charge on any atom is 0.191 e. The summed E-state index contributed by atoms with van der Waals surface area (Å²) in [6.45, 7) is 0.682. The molecule has 1 atom stereocenters. The van der Waals surface area contributed by atoms with Crippen molar-refractivity contribution in [3.63, 3.8) is 0 Å². The molecule has 1 aliphatic rings. The Bertz CT molecular complexity index is 469. The van der Waals surface area contributed by atoms with Crippen molar-refractivity contribution in [1.82, 2.24) is 15.6 Å². The first-order chi connectivity index (χ1) is 10.2. The van der Waals surface area contributed by atoms with Crippen molar-refractivity contribution >= 4 is 23.5 Å². The van der Waals surface area contributed by atoms with Gasteiger partial charge in [0.05, 0.1) is 12.2 Å². The minimum atomic E-state index is 0.524. The summed E-state index contributed by atoms with van der Waals surface area (Å²) in [5, 5.41) is 6.84. The van der Waals surface area contributed by atoms with Crippen LogP contribution in [0.15, 0.2) is 23.2 Å². The lowest BCUT2D eigenvalue weighted by molar-refractivity contribution is 0.581. The lowest BCUT2D eigenvalue weighted by Crippen LogP contribution is -2.45. The van der Waals surface area contributed by atoms with E-state index in [-0.39, 0.29) is 0 Å². The van der Waals surface area contributed by atoms with Gasteiger partial charge in [-0.2, -0.15) is 11.8 Å². The second-order valence-corrected chi connectivity index (χ2v) is 6.52. The molecule has 1 aromatic rings. The van der Waals surface area contributed by atoms with Crippen molar-refractivity contribution in [2.75, 3.05) is 37.5 Å². The number of rotatable bonds is 4. The molecule has 1 aliphatic heterocycles. The number of nitrogens with zero attached hydrogens (tertiary/aromatic N) is 3. The summed E-state index contributed by atoms with van der Waals surface area (Å²) >= 11 is 2.01. The first-order valence-electron chi connectivity index (χ1n) is 7.37. The SMILES string of the molecule is CN=C(NCc1cccc(N(C)C)n1)NC1CCCSC1. The summed E-state index contributed by atoms with van der Waals surface area (Å²) in [7, 11) is 5.82. The lowest BCUT2D eigenvalue weighted by Gasteiger charge is -2.24. The van der Waals surface area contributed by atoms with Crippen molar-refractivity contribution in [3.8, 4) is 0 Å². The highest BCUT2D eigenvalue weighted by molar-refractivity contribution is 7.99. The second kappa shape index (κ2) is 8.12. The molecule has 0 bridgehead atoms. The molecule has 0 aromatic carbocycles. The smallest absolute Gasteiger partial charge is 0.191 e. The number of nitrogens with one attached hydrogen (secondary N) is 2. The summed E-state index contributed by atoms with van der Waals surface area (Å²) in [5.41, 5.74) is 1.02. The molecule has 0 amide bonds. The third-order valence-electron chi connectivity index (χ3n) is 3.41. The van der Waals surface area contributed by atoms with Crippen molar-refractivity contribution in [2.45, 2.75) is 25.4 Å². The molecule has 1 fully saturated rings. The minimum absolute atomic E-state index is 0.524. The third-order valence-corrected chi connectivity index (χ3v) is 4.63. The lowest BCUT2D eigenvalue weighted by atomic mass is 10.2. The number of thioether (sulfide) groups is 1. The van der Waals surface area contributed by atoms with Gasteiger partial charge in [-0.1, -0.05) is 6.07 Å². The molecule has 5 nitrogen and oxygen atoms in total. The third kappa shape index (κ3) is 5.12. The predicted molar refractivity (Wildman–Crippen MR) is 92.2 cm³/mol. The molecule has 1 saturated heterocycles. The molecule has 2 N–H and O–H groups in total.